The van der Waals surface area contributed by atoms with Crippen molar-refractivity contribution in [3.63, 3.8) is 0 Å². The Morgan fingerprint density at radius 1 is 0.912 bits per heavy atom. The number of furan rings is 1. The number of aromatic nitrogens is 3. The molecule has 0 unspecified atom stereocenters. The summed E-state index contributed by atoms with van der Waals surface area (Å²) in [4.78, 5) is 16.5. The molecule has 3 aromatic carbocycles. The Hall–Kier alpha value is -4.59. The number of hydrogen-bond acceptors (Lipinski definition) is 6. The third kappa shape index (κ3) is 5.24. The number of carbonyl (C=O) groups excluding carboxylic acids is 1. The second-order valence-electron chi connectivity index (χ2n) is 7.55. The van der Waals surface area contributed by atoms with E-state index in [0.29, 0.717) is 30.3 Å². The second kappa shape index (κ2) is 9.91. The first kappa shape index (κ1) is 21.3. The van der Waals surface area contributed by atoms with Gasteiger partial charge in [-0.25, -0.2) is 9.67 Å². The number of benzene rings is 3. The Kier molecular flexibility index (Phi) is 6.20. The topological polar surface area (TPSA) is 91.4 Å². The lowest BCUT2D eigenvalue weighted by atomic mass is 10.1. The van der Waals surface area contributed by atoms with E-state index < -0.39 is 0 Å². The van der Waals surface area contributed by atoms with E-state index in [2.05, 4.69) is 21.5 Å². The van der Waals surface area contributed by atoms with Crippen LogP contribution in [0, 0.1) is 0 Å². The lowest BCUT2D eigenvalue weighted by Crippen LogP contribution is -2.11. The van der Waals surface area contributed by atoms with Crippen LogP contribution in [0.1, 0.15) is 16.3 Å². The van der Waals surface area contributed by atoms with Gasteiger partial charge in [-0.2, -0.15) is 5.10 Å². The number of nitrogens with one attached hydrogen (secondary N) is 1. The van der Waals surface area contributed by atoms with Crippen LogP contribution in [0.2, 0.25) is 0 Å². The molecule has 0 fully saturated rings. The van der Waals surface area contributed by atoms with Crippen LogP contribution in [0.25, 0.3) is 10.8 Å². The van der Waals surface area contributed by atoms with Crippen molar-refractivity contribution in [2.24, 2.45) is 0 Å². The van der Waals surface area contributed by atoms with Gasteiger partial charge in [-0.05, 0) is 47.2 Å². The molecule has 0 saturated heterocycles. The van der Waals surface area contributed by atoms with E-state index >= 15 is 0 Å². The molecule has 1 amide bonds. The molecule has 0 aliphatic carbocycles. The Morgan fingerprint density at radius 3 is 2.68 bits per heavy atom. The molecule has 0 bridgehead atoms. The molecule has 5 rings (SSSR count). The van der Waals surface area contributed by atoms with Gasteiger partial charge < -0.3 is 19.2 Å². The molecule has 2 heterocycles. The molecule has 0 aliphatic rings. The van der Waals surface area contributed by atoms with E-state index in [4.69, 9.17) is 13.9 Å². The van der Waals surface area contributed by atoms with Crippen molar-refractivity contribution in [1.82, 2.24) is 14.8 Å². The molecule has 8 heteroatoms. The molecular formula is C26H22N4O4. The molecular weight excluding hydrogens is 432 g/mol. The summed E-state index contributed by atoms with van der Waals surface area (Å²) in [7, 11) is 0. The van der Waals surface area contributed by atoms with E-state index in [1.54, 1.807) is 35.3 Å². The van der Waals surface area contributed by atoms with Crippen LogP contribution in [0.4, 0.5) is 5.69 Å². The third-order valence-corrected chi connectivity index (χ3v) is 5.14. The molecule has 2 aromatic heterocycles. The highest BCUT2D eigenvalue weighted by Gasteiger charge is 2.12. The van der Waals surface area contributed by atoms with Gasteiger partial charge in [-0.3, -0.25) is 4.79 Å². The van der Waals surface area contributed by atoms with E-state index in [1.807, 2.05) is 48.5 Å². The minimum atomic E-state index is -0.350. The normalized spacial score (nSPS) is 10.8. The van der Waals surface area contributed by atoms with Crippen LogP contribution < -0.4 is 14.8 Å². The maximum absolute atomic E-state index is 12.6. The standard InChI is InChI=1S/C26H22N4O4/c31-26(29-21-6-3-7-22(15-21)32-13-12-30-18-27-17-28-30)25-11-10-24(34-25)16-33-23-9-8-19-4-1-2-5-20(19)14-23/h1-11,14-15,17-18H,12-13,16H2,(H,29,31). The SMILES string of the molecule is O=C(Nc1cccc(OCCn2cncn2)c1)c1ccc(COc2ccc3ccccc3c2)o1. The number of hydrogen-bond donors (Lipinski definition) is 1. The minimum Gasteiger partial charge on any atom is -0.492 e. The second-order valence-corrected chi connectivity index (χ2v) is 7.55. The number of ether oxygens (including phenoxy) is 2. The smallest absolute Gasteiger partial charge is 0.291 e. The molecule has 8 nitrogen and oxygen atoms in total. The van der Waals surface area contributed by atoms with Crippen molar-refractivity contribution in [2.75, 3.05) is 11.9 Å². The summed E-state index contributed by atoms with van der Waals surface area (Å²) in [5, 5.41) is 9.11. The summed E-state index contributed by atoms with van der Waals surface area (Å²) in [5.41, 5.74) is 0.605. The van der Waals surface area contributed by atoms with Crippen molar-refractivity contribution < 1.29 is 18.7 Å². The van der Waals surface area contributed by atoms with Crippen molar-refractivity contribution >= 4 is 22.4 Å². The van der Waals surface area contributed by atoms with Gasteiger partial charge in [-0.15, -0.1) is 0 Å². The lowest BCUT2D eigenvalue weighted by molar-refractivity contribution is 0.0992. The lowest BCUT2D eigenvalue weighted by Gasteiger charge is -2.09. The van der Waals surface area contributed by atoms with E-state index in [-0.39, 0.29) is 18.3 Å². The predicted molar refractivity (Wildman–Crippen MR) is 127 cm³/mol. The van der Waals surface area contributed by atoms with E-state index in [0.717, 1.165) is 16.5 Å². The zero-order valence-electron chi connectivity index (χ0n) is 18.3. The average molecular weight is 454 g/mol. The van der Waals surface area contributed by atoms with Gasteiger partial charge in [0.15, 0.2) is 5.76 Å². The summed E-state index contributed by atoms with van der Waals surface area (Å²) in [6.07, 6.45) is 3.11. The maximum Gasteiger partial charge on any atom is 0.291 e. The summed E-state index contributed by atoms with van der Waals surface area (Å²) >= 11 is 0. The summed E-state index contributed by atoms with van der Waals surface area (Å²) in [5.74, 6) is 1.79. The fraction of sp³-hybridized carbons (Fsp3) is 0.115. The van der Waals surface area contributed by atoms with Gasteiger partial charge in [0.1, 0.15) is 43.1 Å². The van der Waals surface area contributed by atoms with Crippen LogP contribution in [0.15, 0.2) is 95.9 Å². The summed E-state index contributed by atoms with van der Waals surface area (Å²) in [6, 6.07) is 24.5. The Morgan fingerprint density at radius 2 is 1.79 bits per heavy atom. The Bertz CT molecular complexity index is 1390. The van der Waals surface area contributed by atoms with Gasteiger partial charge in [0.05, 0.1) is 6.54 Å². The third-order valence-electron chi connectivity index (χ3n) is 5.14. The van der Waals surface area contributed by atoms with Crippen LogP contribution >= 0.6 is 0 Å². The first-order valence-corrected chi connectivity index (χ1v) is 10.8. The highest BCUT2D eigenvalue weighted by Crippen LogP contribution is 2.22. The molecule has 0 aliphatic heterocycles. The Labute approximate surface area is 195 Å². The number of nitrogens with zero attached hydrogens (tertiary/aromatic N) is 3. The van der Waals surface area contributed by atoms with Gasteiger partial charge in [0.25, 0.3) is 5.91 Å². The molecule has 34 heavy (non-hydrogen) atoms. The monoisotopic (exact) mass is 454 g/mol. The molecule has 0 radical (unpaired) electrons. The fourth-order valence-electron chi connectivity index (χ4n) is 3.45. The first-order chi connectivity index (χ1) is 16.7. The Balaban J connectivity index is 1.15. The molecule has 0 spiro atoms. The predicted octanol–water partition coefficient (Wildman–Crippen LogP) is 4.93. The largest absolute Gasteiger partial charge is 0.492 e. The minimum absolute atomic E-state index is 0.203. The number of amides is 1. The highest BCUT2D eigenvalue weighted by molar-refractivity contribution is 6.02. The van der Waals surface area contributed by atoms with Gasteiger partial charge in [-0.1, -0.05) is 36.4 Å². The van der Waals surface area contributed by atoms with Crippen LogP contribution in [0.3, 0.4) is 0 Å². The first-order valence-electron chi connectivity index (χ1n) is 10.8. The number of carbonyl (C=O) groups is 1. The van der Waals surface area contributed by atoms with Crippen LogP contribution in [-0.2, 0) is 13.2 Å². The maximum atomic E-state index is 12.6. The number of rotatable bonds is 9. The zero-order chi connectivity index (χ0) is 23.2. The fourth-order valence-corrected chi connectivity index (χ4v) is 3.45. The van der Waals surface area contributed by atoms with Crippen molar-refractivity contribution in [3.05, 3.63) is 103 Å². The molecule has 0 atom stereocenters. The van der Waals surface area contributed by atoms with Crippen LogP contribution in [-0.4, -0.2) is 27.3 Å². The highest BCUT2D eigenvalue weighted by atomic mass is 16.5. The summed E-state index contributed by atoms with van der Waals surface area (Å²) < 4.78 is 18.9. The molecule has 5 aromatic rings. The average Bonchev–Trinajstić information content (AvgIpc) is 3.55. The van der Waals surface area contributed by atoms with Gasteiger partial charge in [0, 0.05) is 11.8 Å². The van der Waals surface area contributed by atoms with Gasteiger partial charge in [0.2, 0.25) is 0 Å². The van der Waals surface area contributed by atoms with Crippen molar-refractivity contribution in [1.29, 1.82) is 0 Å². The van der Waals surface area contributed by atoms with E-state index in [9.17, 15) is 4.79 Å². The zero-order valence-corrected chi connectivity index (χ0v) is 18.3. The number of anilines is 1. The van der Waals surface area contributed by atoms with Crippen molar-refractivity contribution in [3.8, 4) is 11.5 Å². The molecule has 0 saturated carbocycles. The number of fused-ring (bicyclic) bond motifs is 1. The van der Waals surface area contributed by atoms with E-state index in [1.165, 1.54) is 6.33 Å². The molecule has 1 N–H and O–H groups in total. The van der Waals surface area contributed by atoms with Gasteiger partial charge >= 0.3 is 0 Å². The summed E-state index contributed by atoms with van der Waals surface area (Å²) in [6.45, 7) is 1.23. The van der Waals surface area contributed by atoms with Crippen LogP contribution in [0.5, 0.6) is 11.5 Å². The van der Waals surface area contributed by atoms with Crippen molar-refractivity contribution in [2.45, 2.75) is 13.2 Å². The molecule has 170 valence electrons. The quantitative estimate of drug-likeness (QED) is 0.339.